The molecule has 0 aromatic carbocycles. The van der Waals surface area contributed by atoms with Gasteiger partial charge in [-0.15, -0.1) is 0 Å². The second-order valence-corrected chi connectivity index (χ2v) is 3.87. The SMILES string of the molecule is Cc1ccc(CNCC2COCCN2)o1. The molecule has 1 saturated heterocycles. The van der Waals surface area contributed by atoms with E-state index in [0.717, 1.165) is 44.4 Å². The van der Waals surface area contributed by atoms with Gasteiger partial charge in [0.05, 0.1) is 19.8 Å². The molecule has 0 saturated carbocycles. The van der Waals surface area contributed by atoms with Gasteiger partial charge in [0.25, 0.3) is 0 Å². The van der Waals surface area contributed by atoms with Crippen molar-refractivity contribution in [3.05, 3.63) is 23.7 Å². The van der Waals surface area contributed by atoms with Crippen molar-refractivity contribution < 1.29 is 9.15 Å². The Morgan fingerprint density at radius 1 is 1.53 bits per heavy atom. The summed E-state index contributed by atoms with van der Waals surface area (Å²) >= 11 is 0. The molecule has 1 fully saturated rings. The third-order valence-corrected chi connectivity index (χ3v) is 2.48. The van der Waals surface area contributed by atoms with Gasteiger partial charge in [-0.2, -0.15) is 0 Å². The van der Waals surface area contributed by atoms with Crippen molar-refractivity contribution in [2.24, 2.45) is 0 Å². The molecule has 0 aliphatic carbocycles. The van der Waals surface area contributed by atoms with Crippen molar-refractivity contribution in [3.8, 4) is 0 Å². The van der Waals surface area contributed by atoms with Gasteiger partial charge in [0, 0.05) is 19.1 Å². The first-order chi connectivity index (χ1) is 7.34. The number of hydrogen-bond donors (Lipinski definition) is 2. The van der Waals surface area contributed by atoms with Crippen LogP contribution in [0.5, 0.6) is 0 Å². The fraction of sp³-hybridized carbons (Fsp3) is 0.636. The van der Waals surface area contributed by atoms with E-state index in [2.05, 4.69) is 10.6 Å². The average Bonchev–Trinajstić information content (AvgIpc) is 2.66. The van der Waals surface area contributed by atoms with Crippen LogP contribution in [0.1, 0.15) is 11.5 Å². The first-order valence-corrected chi connectivity index (χ1v) is 5.42. The topological polar surface area (TPSA) is 46.4 Å². The van der Waals surface area contributed by atoms with Gasteiger partial charge >= 0.3 is 0 Å². The van der Waals surface area contributed by atoms with E-state index in [4.69, 9.17) is 9.15 Å². The number of ether oxygens (including phenoxy) is 1. The van der Waals surface area contributed by atoms with Crippen LogP contribution in [0.25, 0.3) is 0 Å². The van der Waals surface area contributed by atoms with Crippen molar-refractivity contribution in [1.82, 2.24) is 10.6 Å². The molecule has 4 heteroatoms. The van der Waals surface area contributed by atoms with E-state index in [9.17, 15) is 0 Å². The van der Waals surface area contributed by atoms with E-state index in [1.54, 1.807) is 0 Å². The fourth-order valence-corrected chi connectivity index (χ4v) is 1.70. The third kappa shape index (κ3) is 3.34. The van der Waals surface area contributed by atoms with Crippen molar-refractivity contribution in [1.29, 1.82) is 0 Å². The van der Waals surface area contributed by atoms with Crippen LogP contribution in [0.4, 0.5) is 0 Å². The molecule has 2 rings (SSSR count). The average molecular weight is 210 g/mol. The highest BCUT2D eigenvalue weighted by Gasteiger charge is 2.11. The molecule has 0 radical (unpaired) electrons. The molecule has 0 amide bonds. The van der Waals surface area contributed by atoms with Gasteiger partial charge < -0.3 is 19.8 Å². The molecule has 84 valence electrons. The van der Waals surface area contributed by atoms with Crippen LogP contribution in [0.3, 0.4) is 0 Å². The lowest BCUT2D eigenvalue weighted by molar-refractivity contribution is 0.0765. The molecule has 2 heterocycles. The lowest BCUT2D eigenvalue weighted by atomic mass is 10.3. The Balaban J connectivity index is 1.65. The Morgan fingerprint density at radius 2 is 2.47 bits per heavy atom. The largest absolute Gasteiger partial charge is 0.465 e. The van der Waals surface area contributed by atoms with E-state index in [0.29, 0.717) is 6.04 Å². The summed E-state index contributed by atoms with van der Waals surface area (Å²) in [5, 5.41) is 6.74. The Morgan fingerprint density at radius 3 is 3.13 bits per heavy atom. The van der Waals surface area contributed by atoms with Crippen LogP contribution >= 0.6 is 0 Å². The minimum atomic E-state index is 0.426. The van der Waals surface area contributed by atoms with Gasteiger partial charge in [0.15, 0.2) is 0 Å². The minimum absolute atomic E-state index is 0.426. The van der Waals surface area contributed by atoms with Gasteiger partial charge in [-0.3, -0.25) is 0 Å². The highest BCUT2D eigenvalue weighted by atomic mass is 16.5. The van der Waals surface area contributed by atoms with Gasteiger partial charge in [0.1, 0.15) is 11.5 Å². The molecular weight excluding hydrogens is 192 g/mol. The van der Waals surface area contributed by atoms with Crippen LogP contribution in [0, 0.1) is 6.92 Å². The summed E-state index contributed by atoms with van der Waals surface area (Å²) in [4.78, 5) is 0. The number of aryl methyl sites for hydroxylation is 1. The van der Waals surface area contributed by atoms with Crippen LogP contribution in [0.2, 0.25) is 0 Å². The standard InChI is InChI=1S/C11H18N2O2/c1-9-2-3-11(15-9)7-12-6-10-8-14-5-4-13-10/h2-3,10,12-13H,4-8H2,1H3. The molecule has 1 aromatic rings. The van der Waals surface area contributed by atoms with Gasteiger partial charge in [0.2, 0.25) is 0 Å². The molecule has 0 bridgehead atoms. The van der Waals surface area contributed by atoms with Crippen molar-refractivity contribution in [2.45, 2.75) is 19.5 Å². The molecule has 0 spiro atoms. The van der Waals surface area contributed by atoms with Gasteiger partial charge in [-0.05, 0) is 19.1 Å². The molecule has 15 heavy (non-hydrogen) atoms. The molecule has 2 N–H and O–H groups in total. The monoisotopic (exact) mass is 210 g/mol. The summed E-state index contributed by atoms with van der Waals surface area (Å²) in [6.45, 7) is 6.23. The summed E-state index contributed by atoms with van der Waals surface area (Å²) in [6.07, 6.45) is 0. The maximum absolute atomic E-state index is 5.46. The zero-order chi connectivity index (χ0) is 10.5. The van der Waals surface area contributed by atoms with E-state index in [1.807, 2.05) is 19.1 Å². The normalized spacial score (nSPS) is 21.8. The molecule has 4 nitrogen and oxygen atoms in total. The van der Waals surface area contributed by atoms with Crippen LogP contribution in [-0.4, -0.2) is 32.3 Å². The number of rotatable bonds is 4. The number of morpholine rings is 1. The zero-order valence-corrected chi connectivity index (χ0v) is 9.08. The van der Waals surface area contributed by atoms with Crippen molar-refractivity contribution in [3.63, 3.8) is 0 Å². The molecule has 1 aromatic heterocycles. The van der Waals surface area contributed by atoms with E-state index in [-0.39, 0.29) is 0 Å². The maximum atomic E-state index is 5.46. The Kier molecular flexibility index (Phi) is 3.77. The Bertz CT molecular complexity index is 293. The maximum Gasteiger partial charge on any atom is 0.117 e. The van der Waals surface area contributed by atoms with E-state index < -0.39 is 0 Å². The quantitative estimate of drug-likeness (QED) is 0.766. The van der Waals surface area contributed by atoms with E-state index >= 15 is 0 Å². The Hall–Kier alpha value is -0.840. The predicted octanol–water partition coefficient (Wildman–Crippen LogP) is 0.666. The molecule has 1 aliphatic heterocycles. The summed E-state index contributed by atoms with van der Waals surface area (Å²) in [6, 6.07) is 4.42. The highest BCUT2D eigenvalue weighted by Crippen LogP contribution is 2.05. The second-order valence-electron chi connectivity index (χ2n) is 3.87. The van der Waals surface area contributed by atoms with Crippen molar-refractivity contribution >= 4 is 0 Å². The molecule has 1 unspecified atom stereocenters. The minimum Gasteiger partial charge on any atom is -0.465 e. The number of hydrogen-bond acceptors (Lipinski definition) is 4. The molecular formula is C11H18N2O2. The fourth-order valence-electron chi connectivity index (χ4n) is 1.70. The van der Waals surface area contributed by atoms with Gasteiger partial charge in [-0.1, -0.05) is 0 Å². The van der Waals surface area contributed by atoms with Crippen molar-refractivity contribution in [2.75, 3.05) is 26.3 Å². The first-order valence-electron chi connectivity index (χ1n) is 5.42. The zero-order valence-electron chi connectivity index (χ0n) is 9.08. The lowest BCUT2D eigenvalue weighted by Crippen LogP contribution is -2.47. The Labute approximate surface area is 90.0 Å². The highest BCUT2D eigenvalue weighted by molar-refractivity contribution is 5.05. The van der Waals surface area contributed by atoms with Crippen LogP contribution in [0.15, 0.2) is 16.5 Å². The third-order valence-electron chi connectivity index (χ3n) is 2.48. The van der Waals surface area contributed by atoms with Crippen LogP contribution < -0.4 is 10.6 Å². The summed E-state index contributed by atoms with van der Waals surface area (Å²) < 4.78 is 10.8. The molecule has 1 atom stereocenters. The predicted molar refractivity (Wildman–Crippen MR) is 57.8 cm³/mol. The smallest absolute Gasteiger partial charge is 0.117 e. The van der Waals surface area contributed by atoms with Gasteiger partial charge in [-0.25, -0.2) is 0 Å². The summed E-state index contributed by atoms with van der Waals surface area (Å²) in [5.74, 6) is 1.95. The summed E-state index contributed by atoms with van der Waals surface area (Å²) in [5.41, 5.74) is 0. The lowest BCUT2D eigenvalue weighted by Gasteiger charge is -2.23. The van der Waals surface area contributed by atoms with E-state index in [1.165, 1.54) is 0 Å². The molecule has 1 aliphatic rings. The number of nitrogens with one attached hydrogen (secondary N) is 2. The van der Waals surface area contributed by atoms with Crippen LogP contribution in [-0.2, 0) is 11.3 Å². The summed E-state index contributed by atoms with van der Waals surface area (Å²) in [7, 11) is 0. The second kappa shape index (κ2) is 5.30. The number of furan rings is 1. The first kappa shape index (κ1) is 10.7.